The summed E-state index contributed by atoms with van der Waals surface area (Å²) in [7, 11) is 0. The second-order valence-electron chi connectivity index (χ2n) is 6.12. The third-order valence-corrected chi connectivity index (χ3v) is 4.34. The number of aromatic nitrogens is 4. The molecule has 0 aliphatic carbocycles. The van der Waals surface area contributed by atoms with Crippen molar-refractivity contribution in [2.24, 2.45) is 0 Å². The van der Waals surface area contributed by atoms with Crippen LogP contribution in [0.2, 0.25) is 0 Å². The molecule has 0 spiro atoms. The molecule has 23 heavy (non-hydrogen) atoms. The van der Waals surface area contributed by atoms with Gasteiger partial charge in [0.15, 0.2) is 0 Å². The van der Waals surface area contributed by atoms with Gasteiger partial charge in [0.1, 0.15) is 0 Å². The van der Waals surface area contributed by atoms with Crippen LogP contribution in [0.5, 0.6) is 0 Å². The Morgan fingerprint density at radius 3 is 2.87 bits per heavy atom. The molecule has 1 aliphatic heterocycles. The van der Waals surface area contributed by atoms with E-state index >= 15 is 0 Å². The predicted molar refractivity (Wildman–Crippen MR) is 87.8 cm³/mol. The highest BCUT2D eigenvalue weighted by Crippen LogP contribution is 2.26. The fraction of sp³-hybridized carbons (Fsp3) is 0.529. The van der Waals surface area contributed by atoms with Crippen LogP contribution in [0.1, 0.15) is 44.7 Å². The van der Waals surface area contributed by atoms with Crippen LogP contribution < -0.4 is 0 Å². The molecule has 122 valence electrons. The van der Waals surface area contributed by atoms with Crippen molar-refractivity contribution in [2.45, 2.75) is 45.6 Å². The van der Waals surface area contributed by atoms with Crippen LogP contribution in [0, 0.1) is 0 Å². The van der Waals surface area contributed by atoms with Crippen LogP contribution in [0.4, 0.5) is 0 Å². The summed E-state index contributed by atoms with van der Waals surface area (Å²) in [5.74, 6) is 0.430. The second kappa shape index (κ2) is 6.89. The van der Waals surface area contributed by atoms with E-state index in [1.165, 1.54) is 0 Å². The molecule has 2 aromatic heterocycles. The van der Waals surface area contributed by atoms with Gasteiger partial charge in [0.2, 0.25) is 5.91 Å². The summed E-state index contributed by atoms with van der Waals surface area (Å²) < 4.78 is 1.93. The van der Waals surface area contributed by atoms with E-state index < -0.39 is 0 Å². The lowest BCUT2D eigenvalue weighted by atomic mass is 9.95. The number of aryl methyl sites for hydroxylation is 1. The molecule has 0 aromatic carbocycles. The Labute approximate surface area is 136 Å². The van der Waals surface area contributed by atoms with Gasteiger partial charge in [-0.3, -0.25) is 19.4 Å². The van der Waals surface area contributed by atoms with Crippen LogP contribution >= 0.6 is 0 Å². The number of hydrogen-bond acceptors (Lipinski definition) is 4. The maximum absolute atomic E-state index is 11.6. The molecule has 0 bridgehead atoms. The van der Waals surface area contributed by atoms with Gasteiger partial charge in [0.25, 0.3) is 0 Å². The van der Waals surface area contributed by atoms with Crippen molar-refractivity contribution in [3.05, 3.63) is 30.5 Å². The van der Waals surface area contributed by atoms with E-state index in [4.69, 9.17) is 0 Å². The van der Waals surface area contributed by atoms with Crippen molar-refractivity contribution >= 4 is 5.91 Å². The van der Waals surface area contributed by atoms with Gasteiger partial charge < -0.3 is 4.90 Å². The first-order valence-electron chi connectivity index (χ1n) is 8.27. The van der Waals surface area contributed by atoms with Crippen LogP contribution in [0.15, 0.2) is 24.8 Å². The lowest BCUT2D eigenvalue weighted by molar-refractivity contribution is -0.130. The smallest absolute Gasteiger partial charge is 0.219 e. The Morgan fingerprint density at radius 2 is 2.17 bits per heavy atom. The minimum atomic E-state index is 0.141. The Bertz CT molecular complexity index is 664. The highest BCUT2D eigenvalue weighted by atomic mass is 16.2. The van der Waals surface area contributed by atoms with Crippen LogP contribution in [-0.2, 0) is 11.3 Å². The van der Waals surface area contributed by atoms with Gasteiger partial charge in [0, 0.05) is 50.4 Å². The minimum Gasteiger partial charge on any atom is -0.342 e. The van der Waals surface area contributed by atoms with Gasteiger partial charge in [0.05, 0.1) is 23.8 Å². The SMILES string of the molecule is CCCn1cc(-c2cnc([C@@H]3CCCN(C(C)=O)C3)cn2)cn1. The quantitative estimate of drug-likeness (QED) is 0.870. The third kappa shape index (κ3) is 3.57. The van der Waals surface area contributed by atoms with E-state index in [1.54, 1.807) is 6.92 Å². The summed E-state index contributed by atoms with van der Waals surface area (Å²) in [6, 6.07) is 0. The molecule has 0 radical (unpaired) electrons. The number of nitrogens with zero attached hydrogens (tertiary/aromatic N) is 5. The molecule has 6 heteroatoms. The Balaban J connectivity index is 1.72. The lowest BCUT2D eigenvalue weighted by Gasteiger charge is -2.31. The largest absolute Gasteiger partial charge is 0.342 e. The van der Waals surface area contributed by atoms with Crippen molar-refractivity contribution in [3.8, 4) is 11.3 Å². The zero-order chi connectivity index (χ0) is 16.2. The third-order valence-electron chi connectivity index (χ3n) is 4.34. The van der Waals surface area contributed by atoms with Crippen molar-refractivity contribution in [2.75, 3.05) is 13.1 Å². The number of amides is 1. The molecule has 1 atom stereocenters. The van der Waals surface area contributed by atoms with Gasteiger partial charge in [-0.1, -0.05) is 6.92 Å². The first kappa shape index (κ1) is 15.6. The van der Waals surface area contributed by atoms with E-state index in [9.17, 15) is 4.79 Å². The number of likely N-dealkylation sites (tertiary alicyclic amines) is 1. The second-order valence-corrected chi connectivity index (χ2v) is 6.12. The Kier molecular flexibility index (Phi) is 4.69. The molecule has 1 saturated heterocycles. The normalized spacial score (nSPS) is 18.2. The molecule has 0 saturated carbocycles. The predicted octanol–water partition coefficient (Wildman–Crippen LogP) is 2.48. The molecule has 2 aromatic rings. The monoisotopic (exact) mass is 313 g/mol. The van der Waals surface area contributed by atoms with Crippen molar-refractivity contribution < 1.29 is 4.79 Å². The topological polar surface area (TPSA) is 63.9 Å². The number of piperidine rings is 1. The van der Waals surface area contributed by atoms with Gasteiger partial charge >= 0.3 is 0 Å². The minimum absolute atomic E-state index is 0.141. The molecule has 1 fully saturated rings. The van der Waals surface area contributed by atoms with E-state index in [-0.39, 0.29) is 11.8 Å². The molecule has 0 N–H and O–H groups in total. The van der Waals surface area contributed by atoms with E-state index in [0.29, 0.717) is 0 Å². The highest BCUT2D eigenvalue weighted by Gasteiger charge is 2.24. The summed E-state index contributed by atoms with van der Waals surface area (Å²) in [6.07, 6.45) is 10.6. The van der Waals surface area contributed by atoms with Crippen molar-refractivity contribution in [3.63, 3.8) is 0 Å². The zero-order valence-corrected chi connectivity index (χ0v) is 13.8. The average molecular weight is 313 g/mol. The summed E-state index contributed by atoms with van der Waals surface area (Å²) in [5, 5.41) is 4.33. The van der Waals surface area contributed by atoms with E-state index in [2.05, 4.69) is 22.0 Å². The number of rotatable bonds is 4. The van der Waals surface area contributed by atoms with E-state index in [1.807, 2.05) is 34.4 Å². The molecule has 1 aliphatic rings. The highest BCUT2D eigenvalue weighted by molar-refractivity contribution is 5.73. The van der Waals surface area contributed by atoms with Gasteiger partial charge in [-0.2, -0.15) is 5.10 Å². The number of hydrogen-bond donors (Lipinski definition) is 0. The fourth-order valence-electron chi connectivity index (χ4n) is 3.05. The van der Waals surface area contributed by atoms with Gasteiger partial charge in [-0.05, 0) is 19.3 Å². The van der Waals surface area contributed by atoms with Gasteiger partial charge in [-0.15, -0.1) is 0 Å². The molecule has 6 nitrogen and oxygen atoms in total. The van der Waals surface area contributed by atoms with Crippen molar-refractivity contribution in [1.82, 2.24) is 24.6 Å². The number of carbonyl (C=O) groups excluding carboxylic acids is 1. The van der Waals surface area contributed by atoms with E-state index in [0.717, 1.165) is 55.8 Å². The maximum Gasteiger partial charge on any atom is 0.219 e. The summed E-state index contributed by atoms with van der Waals surface area (Å²) in [6.45, 7) is 6.27. The zero-order valence-electron chi connectivity index (χ0n) is 13.8. The lowest BCUT2D eigenvalue weighted by Crippen LogP contribution is -2.37. The molecular formula is C17H23N5O. The molecule has 1 amide bonds. The first-order chi connectivity index (χ1) is 11.2. The summed E-state index contributed by atoms with van der Waals surface area (Å²) >= 11 is 0. The summed E-state index contributed by atoms with van der Waals surface area (Å²) in [4.78, 5) is 22.6. The Morgan fingerprint density at radius 1 is 1.30 bits per heavy atom. The first-order valence-corrected chi connectivity index (χ1v) is 8.27. The van der Waals surface area contributed by atoms with Crippen molar-refractivity contribution in [1.29, 1.82) is 0 Å². The molecular weight excluding hydrogens is 290 g/mol. The molecule has 3 rings (SSSR count). The van der Waals surface area contributed by atoms with Crippen LogP contribution in [0.3, 0.4) is 0 Å². The Hall–Kier alpha value is -2.24. The number of carbonyl (C=O) groups is 1. The average Bonchev–Trinajstić information content (AvgIpc) is 3.04. The summed E-state index contributed by atoms with van der Waals surface area (Å²) in [5.41, 5.74) is 2.81. The molecule has 0 unspecified atom stereocenters. The molecule has 3 heterocycles. The standard InChI is InChI=1S/C17H23N5O/c1-3-6-22-12-15(8-20-22)17-10-18-16(9-19-17)14-5-4-7-21(11-14)13(2)23/h8-10,12,14H,3-7,11H2,1-2H3/t14-/m1/s1. The van der Waals surface area contributed by atoms with Crippen LogP contribution in [0.25, 0.3) is 11.3 Å². The fourth-order valence-corrected chi connectivity index (χ4v) is 3.05. The maximum atomic E-state index is 11.6. The van der Waals surface area contributed by atoms with Gasteiger partial charge in [-0.25, -0.2) is 0 Å². The van der Waals surface area contributed by atoms with Crippen LogP contribution in [-0.4, -0.2) is 43.6 Å².